The van der Waals surface area contributed by atoms with E-state index in [1.54, 1.807) is 49.4 Å². The van der Waals surface area contributed by atoms with Crippen molar-refractivity contribution in [3.63, 3.8) is 0 Å². The number of amides is 4. The second kappa shape index (κ2) is 11.2. The number of phenolic OH excluding ortho intramolecular Hbond substituents is 1. The van der Waals surface area contributed by atoms with Crippen molar-refractivity contribution in [1.29, 1.82) is 0 Å². The maximum Gasteiger partial charge on any atom is 0.241 e. The van der Waals surface area contributed by atoms with E-state index in [9.17, 15) is 28.7 Å². The largest absolute Gasteiger partial charge is 0.507 e. The molecule has 7 rings (SSSR count). The molecule has 1 N–H and O–H groups in total. The molecular weight excluding hydrogens is 642 g/mol. The Bertz CT molecular complexity index is 1960. The summed E-state index contributed by atoms with van der Waals surface area (Å²) in [4.78, 5) is 59.3. The van der Waals surface area contributed by atoms with Gasteiger partial charge in [-0.25, -0.2) is 14.2 Å². The molecule has 4 amide bonds. The molecule has 0 aromatic heterocycles. The lowest BCUT2D eigenvalue weighted by molar-refractivity contribution is -0.131. The van der Waals surface area contributed by atoms with Gasteiger partial charge in [-0.3, -0.25) is 19.2 Å². The summed E-state index contributed by atoms with van der Waals surface area (Å²) < 4.78 is 14.1. The number of allylic oxidation sites excluding steroid dienone is 3. The Morgan fingerprint density at radius 1 is 0.957 bits per heavy atom. The number of carbonyl (C=O) groups excluding carboxylic acids is 4. The SMILES string of the molecule is C=CCc1cccc([C@H]2C3=CC[C@@H]4C(=O)N(c5ccc(C)c(Cl)c5)C(=O)[C@@H]4[C@@H]3C[C@H]3C(=O)N(c4ccc(F)c(Cl)c4)C(=O)[C@@]23C)c1O. The number of para-hydroxylation sites is 1. The Labute approximate surface area is 281 Å². The number of halogens is 3. The van der Waals surface area contributed by atoms with E-state index in [1.807, 2.05) is 13.0 Å². The van der Waals surface area contributed by atoms with Crippen molar-refractivity contribution in [2.75, 3.05) is 9.80 Å². The number of nitrogens with zero attached hydrogens (tertiary/aromatic N) is 2. The molecule has 2 aliphatic carbocycles. The number of fused-ring (bicyclic) bond motifs is 4. The minimum atomic E-state index is -1.38. The van der Waals surface area contributed by atoms with Gasteiger partial charge in [0.05, 0.1) is 39.6 Å². The first kappa shape index (κ1) is 31.3. The summed E-state index contributed by atoms with van der Waals surface area (Å²) in [5.74, 6) is -6.21. The van der Waals surface area contributed by atoms with Gasteiger partial charge in [0.25, 0.3) is 0 Å². The van der Waals surface area contributed by atoms with Crippen molar-refractivity contribution in [2.45, 2.75) is 39.0 Å². The zero-order valence-electron chi connectivity index (χ0n) is 25.7. The zero-order chi connectivity index (χ0) is 33.5. The maximum atomic E-state index is 14.6. The summed E-state index contributed by atoms with van der Waals surface area (Å²) in [6.45, 7) is 7.35. The van der Waals surface area contributed by atoms with Gasteiger partial charge in [0.2, 0.25) is 23.6 Å². The number of carbonyl (C=O) groups is 4. The molecule has 2 heterocycles. The zero-order valence-corrected chi connectivity index (χ0v) is 27.2. The highest BCUT2D eigenvalue weighted by molar-refractivity contribution is 6.32. The number of imide groups is 2. The Kier molecular flexibility index (Phi) is 7.45. The van der Waals surface area contributed by atoms with E-state index >= 15 is 0 Å². The lowest BCUT2D eigenvalue weighted by Crippen LogP contribution is -2.49. The first-order valence-corrected chi connectivity index (χ1v) is 16.2. The minimum absolute atomic E-state index is 0.0191. The van der Waals surface area contributed by atoms with Crippen molar-refractivity contribution in [3.05, 3.63) is 111 Å². The van der Waals surface area contributed by atoms with Crippen LogP contribution in [0.2, 0.25) is 10.0 Å². The van der Waals surface area contributed by atoms with Crippen LogP contribution in [0.5, 0.6) is 5.75 Å². The molecule has 0 spiro atoms. The van der Waals surface area contributed by atoms with E-state index in [1.165, 1.54) is 17.0 Å². The molecule has 2 aliphatic heterocycles. The van der Waals surface area contributed by atoms with Crippen molar-refractivity contribution in [2.24, 2.45) is 29.1 Å². The molecule has 0 unspecified atom stereocenters. The molecule has 240 valence electrons. The van der Waals surface area contributed by atoms with E-state index in [4.69, 9.17) is 23.2 Å². The fraction of sp³-hybridized carbons (Fsp3) is 0.297. The second-order valence-corrected chi connectivity index (χ2v) is 13.9. The average Bonchev–Trinajstić information content (AvgIpc) is 3.41. The molecule has 0 bridgehead atoms. The fourth-order valence-electron chi connectivity index (χ4n) is 8.37. The number of hydrogen-bond donors (Lipinski definition) is 1. The van der Waals surface area contributed by atoms with Crippen molar-refractivity contribution >= 4 is 58.2 Å². The van der Waals surface area contributed by atoms with Crippen LogP contribution in [0, 0.1) is 41.8 Å². The van der Waals surface area contributed by atoms with E-state index in [0.717, 1.165) is 22.1 Å². The van der Waals surface area contributed by atoms with Gasteiger partial charge in [0.15, 0.2) is 0 Å². The summed E-state index contributed by atoms with van der Waals surface area (Å²) >= 11 is 12.5. The quantitative estimate of drug-likeness (QED) is 0.227. The second-order valence-electron chi connectivity index (χ2n) is 13.1. The predicted molar refractivity (Wildman–Crippen MR) is 177 cm³/mol. The molecule has 6 atom stereocenters. The number of aryl methyl sites for hydroxylation is 1. The van der Waals surface area contributed by atoms with E-state index in [-0.39, 0.29) is 41.1 Å². The molecular formula is C37H31Cl2FN2O5. The van der Waals surface area contributed by atoms with Crippen LogP contribution >= 0.6 is 23.2 Å². The van der Waals surface area contributed by atoms with E-state index in [2.05, 4.69) is 6.58 Å². The van der Waals surface area contributed by atoms with Gasteiger partial charge >= 0.3 is 0 Å². The lowest BCUT2D eigenvalue weighted by Gasteiger charge is -2.49. The fourth-order valence-corrected chi connectivity index (χ4v) is 8.72. The molecule has 7 nitrogen and oxygen atoms in total. The lowest BCUT2D eigenvalue weighted by atomic mass is 9.51. The van der Waals surface area contributed by atoms with Crippen LogP contribution in [-0.4, -0.2) is 28.7 Å². The molecule has 4 aliphatic rings. The third-order valence-electron chi connectivity index (χ3n) is 10.7. The molecule has 10 heteroatoms. The third-order valence-corrected chi connectivity index (χ3v) is 11.4. The van der Waals surface area contributed by atoms with Gasteiger partial charge in [-0.05, 0) is 80.5 Å². The van der Waals surface area contributed by atoms with E-state index in [0.29, 0.717) is 28.3 Å². The molecule has 0 radical (unpaired) electrons. The number of aromatic hydroxyl groups is 1. The van der Waals surface area contributed by atoms with Crippen LogP contribution in [0.3, 0.4) is 0 Å². The predicted octanol–water partition coefficient (Wildman–Crippen LogP) is 7.31. The van der Waals surface area contributed by atoms with Crippen molar-refractivity contribution < 1.29 is 28.7 Å². The van der Waals surface area contributed by atoms with Gasteiger partial charge in [-0.1, -0.05) is 65.2 Å². The molecule has 47 heavy (non-hydrogen) atoms. The highest BCUT2D eigenvalue weighted by Gasteiger charge is 2.68. The number of phenols is 1. The van der Waals surface area contributed by atoms with Gasteiger partial charge in [0.1, 0.15) is 11.6 Å². The van der Waals surface area contributed by atoms with Crippen LogP contribution in [0.4, 0.5) is 15.8 Å². The monoisotopic (exact) mass is 672 g/mol. The van der Waals surface area contributed by atoms with Gasteiger partial charge in [0, 0.05) is 16.5 Å². The first-order chi connectivity index (χ1) is 22.4. The maximum absolute atomic E-state index is 14.6. The highest BCUT2D eigenvalue weighted by atomic mass is 35.5. The third kappa shape index (κ3) is 4.45. The topological polar surface area (TPSA) is 95.0 Å². The summed E-state index contributed by atoms with van der Waals surface area (Å²) in [6, 6.07) is 14.0. The smallest absolute Gasteiger partial charge is 0.241 e. The van der Waals surface area contributed by atoms with Crippen LogP contribution in [0.1, 0.15) is 42.4 Å². The summed E-state index contributed by atoms with van der Waals surface area (Å²) in [5.41, 5.74) is 1.72. The Hall–Kier alpha value is -4.27. The number of hydrogen-bond acceptors (Lipinski definition) is 5. The molecule has 3 fully saturated rings. The van der Waals surface area contributed by atoms with Crippen molar-refractivity contribution in [3.8, 4) is 5.75 Å². The Morgan fingerprint density at radius 2 is 1.66 bits per heavy atom. The standard InChI is InChI=1S/C37H31Cl2FN2O5/c1-4-6-19-7-5-8-24(32(19)43)31-22-12-13-23-30(35(46)41(33(23)44)20-10-9-18(2)27(38)15-20)25(22)17-26-34(45)42(36(47)37(26,31)3)21-11-14-29(40)28(39)16-21/h4-5,7-12,14-16,23,25-26,30-31,43H,1,6,13,17H2,2-3H3/t23-,25+,26-,30-,31+,37+/m0/s1. The van der Waals surface area contributed by atoms with Gasteiger partial charge in [-0.15, -0.1) is 6.58 Å². The summed E-state index contributed by atoms with van der Waals surface area (Å²) in [7, 11) is 0. The first-order valence-electron chi connectivity index (χ1n) is 15.5. The van der Waals surface area contributed by atoms with Gasteiger partial charge < -0.3 is 5.11 Å². The molecule has 1 saturated carbocycles. The number of rotatable bonds is 5. The summed E-state index contributed by atoms with van der Waals surface area (Å²) in [5, 5.41) is 11.8. The number of benzene rings is 3. The van der Waals surface area contributed by atoms with Crippen molar-refractivity contribution in [1.82, 2.24) is 0 Å². The van der Waals surface area contributed by atoms with Crippen LogP contribution in [-0.2, 0) is 25.6 Å². The molecule has 2 saturated heterocycles. The van der Waals surface area contributed by atoms with Crippen LogP contribution in [0.25, 0.3) is 0 Å². The number of anilines is 2. The Balaban J connectivity index is 1.39. The average molecular weight is 674 g/mol. The van der Waals surface area contributed by atoms with Gasteiger partial charge in [-0.2, -0.15) is 0 Å². The molecule has 3 aromatic carbocycles. The molecule has 3 aromatic rings. The van der Waals surface area contributed by atoms with Crippen LogP contribution < -0.4 is 9.80 Å². The summed E-state index contributed by atoms with van der Waals surface area (Å²) in [6.07, 6.45) is 4.33. The van der Waals surface area contributed by atoms with E-state index < -0.39 is 52.6 Å². The normalized spacial score (nSPS) is 28.3. The highest BCUT2D eigenvalue weighted by Crippen LogP contribution is 2.64. The Morgan fingerprint density at radius 3 is 2.36 bits per heavy atom. The van der Waals surface area contributed by atoms with Crippen LogP contribution in [0.15, 0.2) is 78.9 Å². The minimum Gasteiger partial charge on any atom is -0.507 e.